The zero-order valence-electron chi connectivity index (χ0n) is 33.7. The van der Waals surface area contributed by atoms with Gasteiger partial charge >= 0.3 is 20.8 Å². The number of nitrogens with zero attached hydrogens (tertiary/aromatic N) is 12. The van der Waals surface area contributed by atoms with Gasteiger partial charge in [-0.15, -0.1) is 0 Å². The lowest BCUT2D eigenvalue weighted by Gasteiger charge is -2.37. The van der Waals surface area contributed by atoms with Crippen LogP contribution in [0.5, 0.6) is 0 Å². The number of rotatable bonds is 8. The lowest BCUT2D eigenvalue weighted by molar-refractivity contribution is -0.144. The first-order valence-electron chi connectivity index (χ1n) is 21.3. The third-order valence-corrected chi connectivity index (χ3v) is 16.2. The molecule has 0 aromatic carbocycles. The van der Waals surface area contributed by atoms with E-state index in [4.69, 9.17) is 58.7 Å². The first kappa shape index (κ1) is 37.8. The molecule has 4 aliphatic heterocycles. The number of carboxylic acid groups (broad SMARTS) is 2. The zero-order chi connectivity index (χ0) is 42.4. The van der Waals surface area contributed by atoms with E-state index < -0.39 is 32.7 Å². The van der Waals surface area contributed by atoms with Crippen molar-refractivity contribution in [3.05, 3.63) is 107 Å². The Morgan fingerprint density at radius 1 is 0.540 bits per heavy atom. The molecule has 10 heterocycles. The summed E-state index contributed by atoms with van der Waals surface area (Å²) in [6.07, 6.45) is 11.5. The van der Waals surface area contributed by atoms with E-state index in [2.05, 4.69) is 0 Å². The second-order valence-electron chi connectivity index (χ2n) is 16.8. The van der Waals surface area contributed by atoms with Crippen LogP contribution in [0.25, 0.3) is 21.8 Å². The van der Waals surface area contributed by atoms with Crippen LogP contribution in [0.15, 0.2) is 103 Å². The highest BCUT2D eigenvalue weighted by molar-refractivity contribution is 6.66. The van der Waals surface area contributed by atoms with E-state index in [1.165, 1.54) is 0 Å². The summed E-state index contributed by atoms with van der Waals surface area (Å²) in [6, 6.07) is 15.1. The monoisotopic (exact) mass is 858 g/mol. The Morgan fingerprint density at radius 2 is 1.03 bits per heavy atom. The van der Waals surface area contributed by atoms with Crippen molar-refractivity contribution in [2.24, 2.45) is 53.6 Å². The standard InChI is InChI=1S/C44H38N12O6Si/c57-43(58)25-13-9-23(10-14-25)21-61-63(62-22-24-11-15-26(16-12-24)44(59)60)55-40-29-7-3-19-47-33(29)41(55)51-35-27-5-1-17-45-31(27)37(49-35)53-39-30-8-4-20-48-34(30)42(56(39)63)52-36-28-6-2-18-46-32(28)38(50-36)54-40/h1-8,17-20,23-26H,9-16,21-22H2,(H,57,58)(H,59,60). The van der Waals surface area contributed by atoms with Crippen LogP contribution in [-0.4, -0.2) is 96.0 Å². The minimum atomic E-state index is -4.49. The molecule has 314 valence electrons. The van der Waals surface area contributed by atoms with Crippen molar-refractivity contribution in [3.8, 4) is 0 Å². The first-order valence-corrected chi connectivity index (χ1v) is 23.0. The maximum absolute atomic E-state index is 12.1. The van der Waals surface area contributed by atoms with E-state index in [9.17, 15) is 19.8 Å². The normalized spacial score (nSPS) is 24.3. The second kappa shape index (κ2) is 14.6. The average molecular weight is 859 g/mol. The van der Waals surface area contributed by atoms with Crippen molar-refractivity contribution in [2.75, 3.05) is 13.2 Å². The van der Waals surface area contributed by atoms with Gasteiger partial charge in [-0.2, -0.15) is 0 Å². The number of fused-ring (bicyclic) bond motifs is 14. The van der Waals surface area contributed by atoms with Gasteiger partial charge in [-0.3, -0.25) is 38.0 Å². The lowest BCUT2D eigenvalue weighted by Crippen LogP contribution is -2.64. The number of carbonyl (C=O) groups is 2. The number of hydrogen-bond donors (Lipinski definition) is 2. The van der Waals surface area contributed by atoms with Crippen LogP contribution in [-0.2, 0) is 18.4 Å². The minimum absolute atomic E-state index is 0.0116. The molecule has 6 aromatic rings. The molecule has 0 saturated heterocycles. The van der Waals surface area contributed by atoms with E-state index in [-0.39, 0.29) is 25.0 Å². The molecule has 19 heteroatoms. The summed E-state index contributed by atoms with van der Waals surface area (Å²) in [5.74, 6) is -0.224. The molecule has 0 spiro atoms. The van der Waals surface area contributed by atoms with E-state index in [1.807, 2.05) is 57.0 Å². The highest BCUT2D eigenvalue weighted by Crippen LogP contribution is 2.43. The molecule has 0 radical (unpaired) electrons. The maximum Gasteiger partial charge on any atom is 0.603 e. The van der Waals surface area contributed by atoms with Gasteiger partial charge in [0.15, 0.2) is 34.6 Å². The molecule has 63 heavy (non-hydrogen) atoms. The molecule has 6 aromatic heterocycles. The summed E-state index contributed by atoms with van der Waals surface area (Å²) in [6.45, 7) is 0.398. The van der Waals surface area contributed by atoms with E-state index in [0.29, 0.717) is 142 Å². The Bertz CT molecular complexity index is 3010. The minimum Gasteiger partial charge on any atom is -0.481 e. The molecule has 2 aliphatic carbocycles. The van der Waals surface area contributed by atoms with Crippen LogP contribution < -0.4 is 11.0 Å². The molecule has 2 N–H and O–H groups in total. The van der Waals surface area contributed by atoms with Crippen LogP contribution in [0.2, 0.25) is 0 Å². The van der Waals surface area contributed by atoms with Crippen molar-refractivity contribution in [1.82, 2.24) is 28.4 Å². The summed E-state index contributed by atoms with van der Waals surface area (Å²) >= 11 is 0. The van der Waals surface area contributed by atoms with Crippen molar-refractivity contribution in [1.29, 1.82) is 0 Å². The summed E-state index contributed by atoms with van der Waals surface area (Å²) in [4.78, 5) is 75.2. The van der Waals surface area contributed by atoms with Crippen molar-refractivity contribution < 1.29 is 28.7 Å². The van der Waals surface area contributed by atoms with Crippen LogP contribution in [0.4, 0.5) is 11.6 Å². The third-order valence-electron chi connectivity index (χ3n) is 13.1. The summed E-state index contributed by atoms with van der Waals surface area (Å²) < 4.78 is 19.2. The van der Waals surface area contributed by atoms with Crippen LogP contribution in [0.1, 0.15) is 73.9 Å². The molecule has 0 atom stereocenters. The van der Waals surface area contributed by atoms with E-state index in [0.717, 1.165) is 0 Å². The fourth-order valence-corrected chi connectivity index (χ4v) is 13.3. The summed E-state index contributed by atoms with van der Waals surface area (Å²) in [5.41, 5.74) is 4.28. The fraction of sp³-hybridized carbons (Fsp3) is 0.318. The average Bonchev–Trinajstić information content (AvgIpc) is 4.03. The van der Waals surface area contributed by atoms with Crippen molar-refractivity contribution in [3.63, 3.8) is 0 Å². The smallest absolute Gasteiger partial charge is 0.481 e. The number of pyridine rings is 4. The molecular formula is C44H38N12O6Si. The second-order valence-corrected chi connectivity index (χ2v) is 19.4. The number of carboxylic acids is 2. The molecule has 2 fully saturated rings. The Morgan fingerprint density at radius 3 is 1.65 bits per heavy atom. The molecule has 0 amide bonds. The largest absolute Gasteiger partial charge is 0.603 e. The Kier molecular flexibility index (Phi) is 8.73. The number of hydrogen-bond acceptors (Lipinski definition) is 14. The summed E-state index contributed by atoms with van der Waals surface area (Å²) in [5, 5.41) is 21.1. The molecule has 0 unspecified atom stereocenters. The topological polar surface area (TPSA) is 229 Å². The van der Waals surface area contributed by atoms with Gasteiger partial charge in [0, 0.05) is 59.9 Å². The third kappa shape index (κ3) is 5.97. The Labute approximate surface area is 358 Å². The van der Waals surface area contributed by atoms with Gasteiger partial charge in [-0.05, 0) is 112 Å². The quantitative estimate of drug-likeness (QED) is 0.199. The van der Waals surface area contributed by atoms with Gasteiger partial charge < -0.3 is 19.1 Å². The maximum atomic E-state index is 12.1. The highest BCUT2D eigenvalue weighted by Gasteiger charge is 2.54. The van der Waals surface area contributed by atoms with E-state index >= 15 is 0 Å². The fourth-order valence-electron chi connectivity index (χ4n) is 9.83. The molecule has 12 rings (SSSR count). The van der Waals surface area contributed by atoms with E-state index in [1.54, 1.807) is 24.8 Å². The van der Waals surface area contributed by atoms with Crippen LogP contribution in [0, 0.1) is 23.7 Å². The lowest BCUT2D eigenvalue weighted by atomic mass is 9.82. The molecule has 2 saturated carbocycles. The first-order chi connectivity index (χ1) is 30.8. The van der Waals surface area contributed by atoms with Gasteiger partial charge in [0.05, 0.1) is 11.8 Å². The van der Waals surface area contributed by atoms with Gasteiger partial charge in [0.2, 0.25) is 0 Å². The number of aliphatic carboxylic acids is 2. The highest BCUT2D eigenvalue weighted by atomic mass is 28.4. The van der Waals surface area contributed by atoms with Crippen LogP contribution in [0.3, 0.4) is 0 Å². The predicted molar refractivity (Wildman–Crippen MR) is 230 cm³/mol. The number of aromatic nitrogens is 6. The van der Waals surface area contributed by atoms with Crippen molar-refractivity contribution >= 4 is 77.6 Å². The molecule has 6 bridgehead atoms. The summed E-state index contributed by atoms with van der Waals surface area (Å²) in [7, 11) is -4.49. The number of aliphatic imine (C=N–C) groups is 4. The Balaban J connectivity index is 1.21. The molecule has 6 aliphatic rings. The molecular weight excluding hydrogens is 821 g/mol. The number of amidine groups is 4. The van der Waals surface area contributed by atoms with Gasteiger partial charge in [-0.25, -0.2) is 30.0 Å². The Hall–Kier alpha value is -6.96. The van der Waals surface area contributed by atoms with Gasteiger partial charge in [-0.1, -0.05) is 0 Å². The zero-order valence-corrected chi connectivity index (χ0v) is 34.7. The SMILES string of the molecule is O=C(O)C1CCC(CO[Si]2(OCC3CCC(C(=O)O)CC3)n3c4c5cccnc5c3N=C3N=C(N=c5c6cccnc6c(n52)=NC2=NC(=N4)c4ncccc42)c2ncccc23)CC1. The van der Waals surface area contributed by atoms with Gasteiger partial charge in [0.25, 0.3) is 0 Å². The van der Waals surface area contributed by atoms with Gasteiger partial charge in [0.1, 0.15) is 33.7 Å². The molecule has 18 nitrogen and oxygen atoms in total. The predicted octanol–water partition coefficient (Wildman–Crippen LogP) is 4.77. The van der Waals surface area contributed by atoms with Crippen LogP contribution >= 0.6 is 0 Å². The van der Waals surface area contributed by atoms with Crippen molar-refractivity contribution in [2.45, 2.75) is 51.4 Å².